The van der Waals surface area contributed by atoms with Crippen molar-refractivity contribution in [2.24, 2.45) is 0 Å². The van der Waals surface area contributed by atoms with E-state index in [1.54, 1.807) is 0 Å². The van der Waals surface area contributed by atoms with Crippen LogP contribution >= 0.6 is 0 Å². The van der Waals surface area contributed by atoms with Gasteiger partial charge in [0.25, 0.3) is 0 Å². The first-order valence-corrected chi connectivity index (χ1v) is 11.0. The predicted molar refractivity (Wildman–Crippen MR) is 129 cm³/mol. The van der Waals surface area contributed by atoms with Crippen LogP contribution in [0.5, 0.6) is 0 Å². The van der Waals surface area contributed by atoms with E-state index in [4.69, 9.17) is 0 Å². The Hall–Kier alpha value is -3.17. The molecule has 0 spiro atoms. The summed E-state index contributed by atoms with van der Waals surface area (Å²) in [7, 11) is 0. The third-order valence-electron chi connectivity index (χ3n) is 5.91. The van der Waals surface area contributed by atoms with Crippen molar-refractivity contribution in [1.29, 1.82) is 0 Å². The minimum absolute atomic E-state index is 0.0993. The van der Waals surface area contributed by atoms with Crippen LogP contribution in [-0.2, 0) is 6.42 Å². The van der Waals surface area contributed by atoms with Gasteiger partial charge in [-0.3, -0.25) is 4.79 Å². The van der Waals surface area contributed by atoms with Gasteiger partial charge in [0.1, 0.15) is 0 Å². The molecule has 0 fully saturated rings. The molecule has 4 rings (SSSR count). The van der Waals surface area contributed by atoms with E-state index in [0.717, 1.165) is 35.0 Å². The number of rotatable bonds is 8. The first-order valence-electron chi connectivity index (χ1n) is 11.0. The molecule has 0 saturated carbocycles. The molecule has 0 amide bonds. The quantitative estimate of drug-likeness (QED) is 0.332. The average molecular weight is 411 g/mol. The Labute approximate surface area is 184 Å². The minimum atomic E-state index is -0.381. The van der Waals surface area contributed by atoms with Crippen LogP contribution in [0.4, 0.5) is 0 Å². The first kappa shape index (κ1) is 21.1. The van der Waals surface area contributed by atoms with Gasteiger partial charge in [-0.05, 0) is 36.0 Å². The highest BCUT2D eigenvalue weighted by Crippen LogP contribution is 2.29. The first-order chi connectivity index (χ1) is 15.0. The summed E-state index contributed by atoms with van der Waals surface area (Å²) in [6.45, 7) is 7.18. The number of para-hydroxylation sites is 1. The SMILES string of the molecule is Cc1ccc(CCN[C@H](C(=O)c2c[nH]c3c(C(C)C)cccc23)c2ccccc2)cc1. The molecule has 1 atom stereocenters. The van der Waals surface area contributed by atoms with E-state index < -0.39 is 0 Å². The third kappa shape index (κ3) is 4.62. The van der Waals surface area contributed by atoms with Crippen LogP contribution in [0.1, 0.15) is 58.4 Å². The zero-order valence-corrected chi connectivity index (χ0v) is 18.5. The number of aryl methyl sites for hydroxylation is 1. The van der Waals surface area contributed by atoms with Crippen molar-refractivity contribution in [3.63, 3.8) is 0 Å². The van der Waals surface area contributed by atoms with Gasteiger partial charge in [0, 0.05) is 29.2 Å². The lowest BCUT2D eigenvalue weighted by Crippen LogP contribution is -2.30. The van der Waals surface area contributed by atoms with Gasteiger partial charge < -0.3 is 10.3 Å². The highest BCUT2D eigenvalue weighted by molar-refractivity contribution is 6.11. The summed E-state index contributed by atoms with van der Waals surface area (Å²) in [5.41, 5.74) is 6.56. The van der Waals surface area contributed by atoms with Crippen LogP contribution in [0.25, 0.3) is 10.9 Å². The number of aromatic nitrogens is 1. The molecule has 0 radical (unpaired) electrons. The lowest BCUT2D eigenvalue weighted by atomic mass is 9.94. The van der Waals surface area contributed by atoms with Gasteiger partial charge in [-0.2, -0.15) is 0 Å². The summed E-state index contributed by atoms with van der Waals surface area (Å²) in [6.07, 6.45) is 2.75. The Morgan fingerprint density at radius 2 is 1.68 bits per heavy atom. The van der Waals surface area contributed by atoms with Crippen LogP contribution in [0.2, 0.25) is 0 Å². The Bertz CT molecular complexity index is 1160. The molecular formula is C28H30N2O. The largest absolute Gasteiger partial charge is 0.360 e. The fourth-order valence-electron chi connectivity index (χ4n) is 4.14. The molecule has 31 heavy (non-hydrogen) atoms. The number of H-pyrrole nitrogens is 1. The van der Waals surface area contributed by atoms with E-state index in [-0.39, 0.29) is 11.8 Å². The number of benzene rings is 3. The maximum absolute atomic E-state index is 13.7. The number of hydrogen-bond acceptors (Lipinski definition) is 2. The van der Waals surface area contributed by atoms with Gasteiger partial charge >= 0.3 is 0 Å². The van der Waals surface area contributed by atoms with Crippen LogP contribution in [-0.4, -0.2) is 17.3 Å². The van der Waals surface area contributed by atoms with Gasteiger partial charge in [-0.1, -0.05) is 92.2 Å². The molecule has 3 nitrogen and oxygen atoms in total. The van der Waals surface area contributed by atoms with E-state index in [1.165, 1.54) is 16.7 Å². The zero-order chi connectivity index (χ0) is 21.8. The molecule has 2 N–H and O–H groups in total. The van der Waals surface area contributed by atoms with Crippen molar-refractivity contribution in [3.8, 4) is 0 Å². The number of ketones is 1. The standard InChI is InChI=1S/C28H30N2O/c1-19(2)23-10-7-11-24-25(18-30-27(23)24)28(31)26(22-8-5-4-6-9-22)29-17-16-21-14-12-20(3)13-15-21/h4-15,18-19,26,29-30H,16-17H2,1-3H3/t26-/m0/s1. The molecular weight excluding hydrogens is 380 g/mol. The number of carbonyl (C=O) groups is 1. The van der Waals surface area contributed by atoms with Crippen molar-refractivity contribution in [1.82, 2.24) is 10.3 Å². The number of Topliss-reactive ketones (excluding diaryl/α,β-unsaturated/α-hetero) is 1. The Morgan fingerprint density at radius 3 is 2.39 bits per heavy atom. The Balaban J connectivity index is 1.61. The van der Waals surface area contributed by atoms with Crippen molar-refractivity contribution in [2.45, 2.75) is 39.2 Å². The molecule has 0 saturated heterocycles. The van der Waals surface area contributed by atoms with Crippen LogP contribution in [0, 0.1) is 6.92 Å². The molecule has 1 aromatic heterocycles. The Morgan fingerprint density at radius 1 is 0.935 bits per heavy atom. The number of hydrogen-bond donors (Lipinski definition) is 2. The second-order valence-electron chi connectivity index (χ2n) is 8.52. The van der Waals surface area contributed by atoms with E-state index in [2.05, 4.69) is 61.4 Å². The topological polar surface area (TPSA) is 44.9 Å². The van der Waals surface area contributed by atoms with Crippen molar-refractivity contribution in [3.05, 3.63) is 107 Å². The summed E-state index contributed by atoms with van der Waals surface area (Å²) < 4.78 is 0. The van der Waals surface area contributed by atoms with Gasteiger partial charge in [0.15, 0.2) is 5.78 Å². The van der Waals surface area contributed by atoms with Crippen molar-refractivity contribution >= 4 is 16.7 Å². The molecule has 3 aromatic carbocycles. The number of fused-ring (bicyclic) bond motifs is 1. The molecule has 1 heterocycles. The maximum Gasteiger partial charge on any atom is 0.186 e. The summed E-state index contributed by atoms with van der Waals surface area (Å²) in [6, 6.07) is 24.4. The Kier molecular flexibility index (Phi) is 6.34. The van der Waals surface area contributed by atoms with Gasteiger partial charge in [0.05, 0.1) is 6.04 Å². The molecule has 0 aliphatic rings. The second-order valence-corrected chi connectivity index (χ2v) is 8.52. The fourth-order valence-corrected chi connectivity index (χ4v) is 4.14. The van der Waals surface area contributed by atoms with Gasteiger partial charge in [-0.15, -0.1) is 0 Å². The van der Waals surface area contributed by atoms with Gasteiger partial charge in [-0.25, -0.2) is 0 Å². The zero-order valence-electron chi connectivity index (χ0n) is 18.5. The van der Waals surface area contributed by atoms with Gasteiger partial charge in [0.2, 0.25) is 0 Å². The third-order valence-corrected chi connectivity index (χ3v) is 5.91. The highest BCUT2D eigenvalue weighted by atomic mass is 16.1. The van der Waals surface area contributed by atoms with Crippen LogP contribution < -0.4 is 5.32 Å². The minimum Gasteiger partial charge on any atom is -0.360 e. The van der Waals surface area contributed by atoms with Crippen molar-refractivity contribution in [2.75, 3.05) is 6.54 Å². The average Bonchev–Trinajstić information content (AvgIpc) is 3.22. The van der Waals surface area contributed by atoms with Crippen molar-refractivity contribution < 1.29 is 4.79 Å². The molecule has 3 heteroatoms. The molecule has 0 unspecified atom stereocenters. The van der Waals surface area contributed by atoms with E-state index in [1.807, 2.05) is 48.7 Å². The van der Waals surface area contributed by atoms with Crippen LogP contribution in [0.15, 0.2) is 79.0 Å². The number of carbonyl (C=O) groups excluding carboxylic acids is 1. The maximum atomic E-state index is 13.7. The van der Waals surface area contributed by atoms with Crippen LogP contribution in [0.3, 0.4) is 0 Å². The summed E-state index contributed by atoms with van der Waals surface area (Å²) in [4.78, 5) is 17.1. The molecule has 158 valence electrons. The van der Waals surface area contributed by atoms with E-state index in [0.29, 0.717) is 5.92 Å². The highest BCUT2D eigenvalue weighted by Gasteiger charge is 2.24. The number of nitrogens with one attached hydrogen (secondary N) is 2. The lowest BCUT2D eigenvalue weighted by molar-refractivity contribution is 0.0945. The normalized spacial score (nSPS) is 12.4. The predicted octanol–water partition coefficient (Wildman–Crippen LogP) is 6.36. The summed E-state index contributed by atoms with van der Waals surface area (Å²) >= 11 is 0. The molecule has 0 aliphatic carbocycles. The summed E-state index contributed by atoms with van der Waals surface area (Å²) in [5.74, 6) is 0.491. The second kappa shape index (κ2) is 9.32. The fraction of sp³-hybridized carbons (Fsp3) is 0.250. The lowest BCUT2D eigenvalue weighted by Gasteiger charge is -2.18. The molecule has 0 aliphatic heterocycles. The monoisotopic (exact) mass is 410 g/mol. The molecule has 4 aromatic rings. The molecule has 0 bridgehead atoms. The summed E-state index contributed by atoms with van der Waals surface area (Å²) in [5, 5.41) is 4.52. The number of aromatic amines is 1. The smallest absolute Gasteiger partial charge is 0.186 e. The van der Waals surface area contributed by atoms with E-state index >= 15 is 0 Å². The van der Waals surface area contributed by atoms with E-state index in [9.17, 15) is 4.79 Å².